The van der Waals surface area contributed by atoms with E-state index >= 15 is 0 Å². The number of hydrogen-bond acceptors (Lipinski definition) is 10. The fraction of sp³-hybridized carbons (Fsp3) is 0.696. The Kier molecular flexibility index (Phi) is 10.3. The Bertz CT molecular complexity index is 1250. The van der Waals surface area contributed by atoms with E-state index in [1.807, 2.05) is 0 Å². The van der Waals surface area contributed by atoms with Crippen LogP contribution in [0.5, 0.6) is 0 Å². The van der Waals surface area contributed by atoms with Gasteiger partial charge in [-0.05, 0) is 47.5 Å². The minimum Gasteiger partial charge on any atom is -0.465 e. The third-order valence-corrected chi connectivity index (χ3v) is 6.14. The fourth-order valence-corrected chi connectivity index (χ4v) is 4.58. The highest BCUT2D eigenvalue weighted by molar-refractivity contribution is 7.86. The highest BCUT2D eigenvalue weighted by atomic mass is 32.2. The molecule has 0 radical (unpaired) electrons. The zero-order chi connectivity index (χ0) is 28.8. The van der Waals surface area contributed by atoms with E-state index in [1.54, 1.807) is 27.7 Å². The third-order valence-electron chi connectivity index (χ3n) is 5.52. The van der Waals surface area contributed by atoms with E-state index < -0.39 is 70.2 Å². The Morgan fingerprint density at radius 2 is 1.87 bits per heavy atom. The summed E-state index contributed by atoms with van der Waals surface area (Å²) in [5.74, 6) is -1.27. The van der Waals surface area contributed by atoms with Gasteiger partial charge in [0.15, 0.2) is 0 Å². The molecule has 1 fully saturated rings. The molecule has 1 aromatic rings. The molecule has 1 N–H and O–H groups in total. The Balaban J connectivity index is 2.24. The topological polar surface area (TPSA) is 174 Å². The van der Waals surface area contributed by atoms with Gasteiger partial charge in [-0.25, -0.2) is 9.59 Å². The van der Waals surface area contributed by atoms with Crippen LogP contribution in [0, 0.1) is 6.92 Å². The zero-order valence-corrected chi connectivity index (χ0v) is 23.3. The maximum absolute atomic E-state index is 13.1. The lowest BCUT2D eigenvalue weighted by molar-refractivity contribution is -0.149. The SMILES string of the molecule is CCOC(=O)CN(CC[C@@H]1C[C@@H](OS(C)(=O)=O)CN1C(=O)OC(C)(C)C)C(=O)Cn1cc(C)c(=O)[nH]c1=O. The molecule has 15 heteroatoms. The van der Waals surface area contributed by atoms with Gasteiger partial charge in [-0.15, -0.1) is 0 Å². The molecule has 14 nitrogen and oxygen atoms in total. The Labute approximate surface area is 221 Å². The largest absolute Gasteiger partial charge is 0.465 e. The molecule has 214 valence electrons. The number of amides is 2. The molecule has 0 saturated carbocycles. The normalized spacial score (nSPS) is 17.8. The first-order chi connectivity index (χ1) is 17.5. The molecule has 0 aliphatic carbocycles. The second-order valence-corrected chi connectivity index (χ2v) is 11.7. The summed E-state index contributed by atoms with van der Waals surface area (Å²) < 4.78 is 39.9. The summed E-state index contributed by atoms with van der Waals surface area (Å²) in [5, 5.41) is 0. The molecule has 1 aliphatic heterocycles. The van der Waals surface area contributed by atoms with Gasteiger partial charge in [0, 0.05) is 24.3 Å². The maximum atomic E-state index is 13.1. The van der Waals surface area contributed by atoms with Gasteiger partial charge in [-0.1, -0.05) is 0 Å². The molecule has 1 aliphatic rings. The molecule has 0 unspecified atom stereocenters. The number of ether oxygens (including phenoxy) is 2. The van der Waals surface area contributed by atoms with Crippen LogP contribution in [-0.2, 0) is 39.9 Å². The number of aromatic nitrogens is 2. The average molecular weight is 561 g/mol. The smallest absolute Gasteiger partial charge is 0.410 e. The molecule has 0 spiro atoms. The fourth-order valence-electron chi connectivity index (χ4n) is 3.95. The first-order valence-corrected chi connectivity index (χ1v) is 13.9. The van der Waals surface area contributed by atoms with E-state index in [4.69, 9.17) is 13.7 Å². The average Bonchev–Trinajstić information content (AvgIpc) is 3.14. The number of nitrogens with one attached hydrogen (secondary N) is 1. The van der Waals surface area contributed by atoms with E-state index in [-0.39, 0.29) is 38.1 Å². The maximum Gasteiger partial charge on any atom is 0.410 e. The number of rotatable bonds is 10. The molecule has 2 rings (SSSR count). The van der Waals surface area contributed by atoms with E-state index in [1.165, 1.54) is 22.9 Å². The molecule has 2 amide bonds. The van der Waals surface area contributed by atoms with E-state index in [2.05, 4.69) is 4.98 Å². The number of esters is 1. The highest BCUT2D eigenvalue weighted by Crippen LogP contribution is 2.26. The van der Waals surface area contributed by atoms with E-state index in [0.29, 0.717) is 0 Å². The van der Waals surface area contributed by atoms with Gasteiger partial charge in [-0.3, -0.25) is 28.1 Å². The van der Waals surface area contributed by atoms with Gasteiger partial charge in [0.05, 0.1) is 25.5 Å². The summed E-state index contributed by atoms with van der Waals surface area (Å²) in [4.78, 5) is 66.6. The lowest BCUT2D eigenvalue weighted by atomic mass is 10.1. The quantitative estimate of drug-likeness (QED) is 0.302. The predicted octanol–water partition coefficient (Wildman–Crippen LogP) is -0.0190. The van der Waals surface area contributed by atoms with Crippen LogP contribution in [0.4, 0.5) is 4.79 Å². The van der Waals surface area contributed by atoms with Gasteiger partial charge >= 0.3 is 17.8 Å². The molecule has 1 aromatic heterocycles. The number of carbonyl (C=O) groups is 3. The van der Waals surface area contributed by atoms with Crippen LogP contribution in [0.25, 0.3) is 0 Å². The number of nitrogens with zero attached hydrogens (tertiary/aromatic N) is 3. The standard InChI is InChI=1S/C23H36N4O10S/c1-7-35-19(29)14-25(18(28)13-26-11-15(2)20(30)24-21(26)31)9-8-16-10-17(37-38(6,33)34)12-27(16)22(32)36-23(3,4)5/h11,16-17H,7-10,12-14H2,1-6H3,(H,24,30,31)/t16-,17-/m1/s1. The zero-order valence-electron chi connectivity index (χ0n) is 22.5. The lowest BCUT2D eigenvalue weighted by Gasteiger charge is -2.30. The Hall–Kier alpha value is -3.20. The van der Waals surface area contributed by atoms with Gasteiger partial charge < -0.3 is 19.3 Å². The number of aromatic amines is 1. The molecule has 38 heavy (non-hydrogen) atoms. The van der Waals surface area contributed by atoms with Gasteiger partial charge in [-0.2, -0.15) is 8.42 Å². The Morgan fingerprint density at radius 3 is 2.45 bits per heavy atom. The van der Waals surface area contributed by atoms with Crippen LogP contribution < -0.4 is 11.2 Å². The van der Waals surface area contributed by atoms with Gasteiger partial charge in [0.25, 0.3) is 15.7 Å². The summed E-state index contributed by atoms with van der Waals surface area (Å²) in [6.45, 7) is 7.36. The summed E-state index contributed by atoms with van der Waals surface area (Å²) in [6, 6.07) is -0.563. The van der Waals surface area contributed by atoms with Crippen molar-refractivity contribution in [3.05, 3.63) is 32.6 Å². The molecule has 1 saturated heterocycles. The first-order valence-electron chi connectivity index (χ1n) is 12.1. The minimum absolute atomic E-state index is 0.0235. The number of hydrogen-bond donors (Lipinski definition) is 1. The van der Waals surface area contributed by atoms with Gasteiger partial charge in [0.1, 0.15) is 18.7 Å². The van der Waals surface area contributed by atoms with Crippen molar-refractivity contribution >= 4 is 28.1 Å². The molecular weight excluding hydrogens is 524 g/mol. The molecule has 0 aromatic carbocycles. The van der Waals surface area contributed by atoms with Crippen molar-refractivity contribution in [3.8, 4) is 0 Å². The second-order valence-electron chi connectivity index (χ2n) is 10.1. The van der Waals surface area contributed by atoms with Crippen molar-refractivity contribution < 1.29 is 36.5 Å². The molecular formula is C23H36N4O10S. The minimum atomic E-state index is -3.79. The van der Waals surface area contributed by atoms with Crippen molar-refractivity contribution in [3.63, 3.8) is 0 Å². The number of carbonyl (C=O) groups excluding carboxylic acids is 3. The third kappa shape index (κ3) is 9.59. The van der Waals surface area contributed by atoms with Gasteiger partial charge in [0.2, 0.25) is 5.91 Å². The van der Waals surface area contributed by atoms with Crippen LogP contribution >= 0.6 is 0 Å². The van der Waals surface area contributed by atoms with Crippen molar-refractivity contribution in [2.45, 2.75) is 71.8 Å². The van der Waals surface area contributed by atoms with Crippen LogP contribution in [-0.4, -0.2) is 96.0 Å². The van der Waals surface area contributed by atoms with Crippen molar-refractivity contribution in [2.75, 3.05) is 32.5 Å². The number of H-pyrrole nitrogens is 1. The highest BCUT2D eigenvalue weighted by Gasteiger charge is 2.39. The molecule has 2 heterocycles. The van der Waals surface area contributed by atoms with Crippen LogP contribution in [0.2, 0.25) is 0 Å². The van der Waals surface area contributed by atoms with E-state index in [9.17, 15) is 32.4 Å². The second kappa shape index (κ2) is 12.6. The van der Waals surface area contributed by atoms with Crippen molar-refractivity contribution in [1.29, 1.82) is 0 Å². The Morgan fingerprint density at radius 1 is 1.21 bits per heavy atom. The van der Waals surface area contributed by atoms with Crippen LogP contribution in [0.1, 0.15) is 46.1 Å². The summed E-state index contributed by atoms with van der Waals surface area (Å²) in [5.41, 5.74) is -1.93. The molecule has 0 bridgehead atoms. The number of aryl methyl sites for hydroxylation is 1. The predicted molar refractivity (Wildman–Crippen MR) is 135 cm³/mol. The van der Waals surface area contributed by atoms with Crippen molar-refractivity contribution in [1.82, 2.24) is 19.4 Å². The summed E-state index contributed by atoms with van der Waals surface area (Å²) >= 11 is 0. The van der Waals surface area contributed by atoms with Crippen LogP contribution in [0.3, 0.4) is 0 Å². The van der Waals surface area contributed by atoms with Crippen LogP contribution in [0.15, 0.2) is 15.8 Å². The molecule has 2 atom stereocenters. The van der Waals surface area contributed by atoms with E-state index in [0.717, 1.165) is 10.8 Å². The first kappa shape index (κ1) is 31.0. The summed E-state index contributed by atoms with van der Waals surface area (Å²) in [6.07, 6.45) is 1.01. The van der Waals surface area contributed by atoms with Crippen molar-refractivity contribution in [2.24, 2.45) is 0 Å². The summed E-state index contributed by atoms with van der Waals surface area (Å²) in [7, 11) is -3.79. The monoisotopic (exact) mass is 560 g/mol. The lowest BCUT2D eigenvalue weighted by Crippen LogP contribution is -2.45. The number of likely N-dealkylation sites (tertiary alicyclic amines) is 1.